The van der Waals surface area contributed by atoms with Gasteiger partial charge in [-0.1, -0.05) is 91.9 Å². The third kappa shape index (κ3) is 8.67. The summed E-state index contributed by atoms with van der Waals surface area (Å²) in [4.78, 5) is 15.1. The predicted octanol–water partition coefficient (Wildman–Crippen LogP) is 8.54. The van der Waals surface area contributed by atoms with E-state index in [4.69, 9.17) is 14.2 Å². The number of aliphatic hydroxyl groups excluding tert-OH is 1. The monoisotopic (exact) mass is 643 g/mol. The summed E-state index contributed by atoms with van der Waals surface area (Å²) in [6, 6.07) is 42.2. The zero-order valence-electron chi connectivity index (χ0n) is 27.2. The molecule has 8 nitrogen and oxygen atoms in total. The molecule has 0 unspecified atom stereocenters. The fourth-order valence-corrected chi connectivity index (χ4v) is 5.84. The predicted molar refractivity (Wildman–Crippen MR) is 188 cm³/mol. The van der Waals surface area contributed by atoms with Crippen LogP contribution in [0, 0.1) is 5.92 Å². The number of benzene rings is 5. The number of urea groups is 1. The van der Waals surface area contributed by atoms with Gasteiger partial charge in [0.2, 0.25) is 0 Å². The van der Waals surface area contributed by atoms with Crippen LogP contribution in [0.4, 0.5) is 16.2 Å². The quantitative estimate of drug-likeness (QED) is 0.134. The van der Waals surface area contributed by atoms with E-state index < -0.39 is 6.29 Å². The number of nitrogens with one attached hydrogen (secondary N) is 2. The average Bonchev–Trinajstić information content (AvgIpc) is 3.11. The molecule has 0 aliphatic carbocycles. The van der Waals surface area contributed by atoms with E-state index in [1.165, 1.54) is 5.56 Å². The highest BCUT2D eigenvalue weighted by atomic mass is 16.7. The van der Waals surface area contributed by atoms with Gasteiger partial charge in [-0.05, 0) is 72.3 Å². The molecule has 0 spiro atoms. The molecule has 1 heterocycles. The van der Waals surface area contributed by atoms with Gasteiger partial charge in [-0.15, -0.1) is 0 Å². The number of carbonyl (C=O) groups is 1. The molecule has 0 bridgehead atoms. The Kier molecular flexibility index (Phi) is 10.8. The van der Waals surface area contributed by atoms with E-state index in [0.29, 0.717) is 17.1 Å². The van der Waals surface area contributed by atoms with Gasteiger partial charge in [0, 0.05) is 35.9 Å². The molecule has 246 valence electrons. The van der Waals surface area contributed by atoms with Crippen molar-refractivity contribution in [2.24, 2.45) is 5.92 Å². The first-order valence-electron chi connectivity index (χ1n) is 16.2. The highest BCUT2D eigenvalue weighted by molar-refractivity contribution is 5.99. The van der Waals surface area contributed by atoms with Crippen molar-refractivity contribution in [2.75, 3.05) is 24.2 Å². The fourth-order valence-electron chi connectivity index (χ4n) is 5.84. The molecule has 0 radical (unpaired) electrons. The number of rotatable bonds is 11. The van der Waals surface area contributed by atoms with Gasteiger partial charge in [0.25, 0.3) is 0 Å². The molecule has 1 aliphatic heterocycles. The first kappa shape index (κ1) is 32.9. The Hall–Kier alpha value is -4.99. The zero-order chi connectivity index (χ0) is 33.3. The first-order valence-corrected chi connectivity index (χ1v) is 16.2. The van der Waals surface area contributed by atoms with Crippen molar-refractivity contribution in [3.8, 4) is 11.5 Å². The molecule has 48 heavy (non-hydrogen) atoms. The van der Waals surface area contributed by atoms with Crippen LogP contribution in [-0.4, -0.2) is 35.7 Å². The molecule has 5 aromatic rings. The summed E-state index contributed by atoms with van der Waals surface area (Å²) < 4.78 is 19.1. The maximum atomic E-state index is 12.8. The lowest BCUT2D eigenvalue weighted by atomic mass is 9.90. The molecular weight excluding hydrogens is 602 g/mol. The maximum absolute atomic E-state index is 12.8. The number of hydrogen-bond donors (Lipinski definition) is 3. The fraction of sp³-hybridized carbons (Fsp3) is 0.225. The lowest BCUT2D eigenvalue weighted by Gasteiger charge is -2.42. The molecule has 8 heteroatoms. The molecule has 1 aliphatic rings. The zero-order valence-corrected chi connectivity index (χ0v) is 27.2. The summed E-state index contributed by atoms with van der Waals surface area (Å²) in [5, 5.41) is 15.3. The van der Waals surface area contributed by atoms with Crippen molar-refractivity contribution in [1.29, 1.82) is 0 Å². The minimum Gasteiger partial charge on any atom is -0.457 e. The number of likely N-dealkylation sites (N-methyl/N-ethyl adjacent to an activating group) is 1. The minimum absolute atomic E-state index is 0.00555. The standard InChI is InChI=1S/C40H41N3O5/c1-28-37(26-43(2)25-29-9-5-3-6-10-29)47-39(48-38(28)31-15-13-30(27-44)14-16-31)32-17-19-33(20-18-32)41-40(45)42-34-21-23-36(24-22-34)46-35-11-7-4-8-12-35/h3-24,28,37-39,44H,25-27H2,1-2H3,(H2,41,42,45)/t28-,37+,38+,39+/m1/s1. The van der Waals surface area contributed by atoms with Crippen LogP contribution in [0.1, 0.15) is 41.6 Å². The van der Waals surface area contributed by atoms with Crippen LogP contribution in [-0.2, 0) is 22.6 Å². The number of nitrogens with zero attached hydrogens (tertiary/aromatic N) is 1. The number of hydrogen-bond acceptors (Lipinski definition) is 6. The van der Waals surface area contributed by atoms with E-state index in [-0.39, 0.29) is 30.8 Å². The van der Waals surface area contributed by atoms with Crippen LogP contribution in [0.25, 0.3) is 0 Å². The Morgan fingerprint density at radius 3 is 1.90 bits per heavy atom. The summed E-state index contributed by atoms with van der Waals surface area (Å²) >= 11 is 0. The van der Waals surface area contributed by atoms with E-state index in [0.717, 1.165) is 35.5 Å². The van der Waals surface area contributed by atoms with Crippen LogP contribution < -0.4 is 15.4 Å². The van der Waals surface area contributed by atoms with Gasteiger partial charge < -0.3 is 30.0 Å². The average molecular weight is 644 g/mol. The SMILES string of the molecule is C[C@@H]1[C@H](CN(C)Cc2ccccc2)O[C@H](c2ccc(NC(=O)Nc3ccc(Oc4ccccc4)cc3)cc2)O[C@@H]1c1ccc(CO)cc1. The van der Waals surface area contributed by atoms with Gasteiger partial charge in [-0.3, -0.25) is 4.90 Å². The van der Waals surface area contributed by atoms with Crippen molar-refractivity contribution < 1.29 is 24.1 Å². The number of aliphatic hydroxyl groups is 1. The number of amides is 2. The second-order valence-corrected chi connectivity index (χ2v) is 12.1. The van der Waals surface area contributed by atoms with Crippen LogP contribution in [0.5, 0.6) is 11.5 Å². The van der Waals surface area contributed by atoms with Gasteiger partial charge in [0.15, 0.2) is 6.29 Å². The Labute approximate surface area is 281 Å². The maximum Gasteiger partial charge on any atom is 0.323 e. The number of anilines is 2. The van der Waals surface area contributed by atoms with E-state index in [2.05, 4.69) is 53.8 Å². The van der Waals surface area contributed by atoms with Crippen molar-refractivity contribution in [3.63, 3.8) is 0 Å². The third-order valence-corrected chi connectivity index (χ3v) is 8.44. The van der Waals surface area contributed by atoms with Crippen molar-refractivity contribution >= 4 is 17.4 Å². The third-order valence-electron chi connectivity index (χ3n) is 8.44. The molecule has 4 atom stereocenters. The summed E-state index contributed by atoms with van der Waals surface area (Å²) in [5.74, 6) is 1.50. The van der Waals surface area contributed by atoms with Gasteiger partial charge in [0.05, 0.1) is 18.8 Å². The van der Waals surface area contributed by atoms with Crippen molar-refractivity contribution in [1.82, 2.24) is 4.90 Å². The largest absolute Gasteiger partial charge is 0.457 e. The Bertz CT molecular complexity index is 1730. The second kappa shape index (κ2) is 15.7. The normalized spacial score (nSPS) is 19.1. The van der Waals surface area contributed by atoms with Gasteiger partial charge in [-0.25, -0.2) is 4.79 Å². The van der Waals surface area contributed by atoms with Gasteiger partial charge in [0.1, 0.15) is 11.5 Å². The van der Waals surface area contributed by atoms with E-state index >= 15 is 0 Å². The molecule has 1 saturated heterocycles. The molecule has 0 saturated carbocycles. The first-order chi connectivity index (χ1) is 23.4. The molecular formula is C40H41N3O5. The number of para-hydroxylation sites is 1. The lowest BCUT2D eigenvalue weighted by molar-refractivity contribution is -0.276. The highest BCUT2D eigenvalue weighted by Crippen LogP contribution is 2.42. The van der Waals surface area contributed by atoms with Crippen molar-refractivity contribution in [2.45, 2.75) is 38.6 Å². The number of ether oxygens (including phenoxy) is 3. The molecule has 6 rings (SSSR count). The highest BCUT2D eigenvalue weighted by Gasteiger charge is 2.38. The Morgan fingerprint density at radius 1 is 0.708 bits per heavy atom. The Morgan fingerprint density at radius 2 is 1.27 bits per heavy atom. The molecule has 5 aromatic carbocycles. The van der Waals surface area contributed by atoms with Crippen molar-refractivity contribution in [3.05, 3.63) is 156 Å². The smallest absolute Gasteiger partial charge is 0.323 e. The lowest BCUT2D eigenvalue weighted by Crippen LogP contribution is -2.43. The summed E-state index contributed by atoms with van der Waals surface area (Å²) in [5.41, 5.74) is 5.28. The van der Waals surface area contributed by atoms with E-state index in [9.17, 15) is 9.90 Å². The molecule has 2 amide bonds. The molecule has 1 fully saturated rings. The van der Waals surface area contributed by atoms with Crippen LogP contribution in [0.3, 0.4) is 0 Å². The summed E-state index contributed by atoms with van der Waals surface area (Å²) in [6.45, 7) is 3.69. The molecule has 3 N–H and O–H groups in total. The summed E-state index contributed by atoms with van der Waals surface area (Å²) in [7, 11) is 2.11. The topological polar surface area (TPSA) is 92.3 Å². The van der Waals surface area contributed by atoms with Crippen LogP contribution in [0.2, 0.25) is 0 Å². The number of carbonyl (C=O) groups excluding carboxylic acids is 1. The van der Waals surface area contributed by atoms with Gasteiger partial charge >= 0.3 is 6.03 Å². The minimum atomic E-state index is -0.599. The van der Waals surface area contributed by atoms with Gasteiger partial charge in [-0.2, -0.15) is 0 Å². The molecule has 0 aromatic heterocycles. The Balaban J connectivity index is 1.10. The van der Waals surface area contributed by atoms with Crippen LogP contribution >= 0.6 is 0 Å². The second-order valence-electron chi connectivity index (χ2n) is 12.1. The van der Waals surface area contributed by atoms with E-state index in [1.807, 2.05) is 97.1 Å². The van der Waals surface area contributed by atoms with E-state index in [1.54, 1.807) is 12.1 Å². The van der Waals surface area contributed by atoms with Crippen LogP contribution in [0.15, 0.2) is 133 Å². The summed E-state index contributed by atoms with van der Waals surface area (Å²) in [6.07, 6.45) is -0.911.